The van der Waals surface area contributed by atoms with Crippen LogP contribution in [0.2, 0.25) is 0 Å². The second kappa shape index (κ2) is 8.11. The number of amides is 1. The van der Waals surface area contributed by atoms with Crippen molar-refractivity contribution in [3.05, 3.63) is 82.7 Å². The quantitative estimate of drug-likeness (QED) is 0.420. The van der Waals surface area contributed by atoms with E-state index in [4.69, 9.17) is 12.2 Å². The average molecular weight is 418 g/mol. The van der Waals surface area contributed by atoms with Crippen LogP contribution in [-0.2, 0) is 0 Å². The number of hydrogen-bond donors (Lipinski definition) is 2. The highest BCUT2D eigenvalue weighted by Crippen LogP contribution is 2.27. The average Bonchev–Trinajstić information content (AvgIpc) is 3.15. The molecule has 0 aliphatic rings. The predicted octanol–water partition coefficient (Wildman–Crippen LogP) is 5.71. The number of thiazole rings is 1. The molecule has 1 amide bonds. The number of fused-ring (bicyclic) bond motifs is 1. The van der Waals surface area contributed by atoms with E-state index in [1.54, 1.807) is 0 Å². The van der Waals surface area contributed by atoms with Gasteiger partial charge in [0.15, 0.2) is 10.2 Å². The maximum Gasteiger partial charge on any atom is 0.257 e. The lowest BCUT2D eigenvalue weighted by molar-refractivity contribution is 0.0977. The van der Waals surface area contributed by atoms with Gasteiger partial charge in [0.25, 0.3) is 5.91 Å². The van der Waals surface area contributed by atoms with Crippen LogP contribution in [0.5, 0.6) is 0 Å². The van der Waals surface area contributed by atoms with Gasteiger partial charge in [-0.1, -0.05) is 53.6 Å². The number of thiocarbonyl (C=S) groups is 1. The molecule has 0 fully saturated rings. The first kappa shape index (κ1) is 19.2. The van der Waals surface area contributed by atoms with E-state index in [0.717, 1.165) is 22.4 Å². The van der Waals surface area contributed by atoms with Gasteiger partial charge in [0.2, 0.25) is 0 Å². The van der Waals surface area contributed by atoms with Gasteiger partial charge in [0.1, 0.15) is 0 Å². The minimum atomic E-state index is -0.236. The lowest BCUT2D eigenvalue weighted by Gasteiger charge is -2.08. The molecule has 29 heavy (non-hydrogen) atoms. The van der Waals surface area contributed by atoms with Crippen molar-refractivity contribution in [2.45, 2.75) is 13.8 Å². The molecule has 0 atom stereocenters. The fourth-order valence-electron chi connectivity index (χ4n) is 3.22. The highest BCUT2D eigenvalue weighted by atomic mass is 32.1. The topological polar surface area (TPSA) is 54.0 Å². The molecule has 0 saturated heterocycles. The maximum atomic E-state index is 12.4. The number of hydrogen-bond acceptors (Lipinski definition) is 4. The minimum absolute atomic E-state index is 0.230. The Morgan fingerprint density at radius 3 is 2.45 bits per heavy atom. The molecule has 1 aromatic heterocycles. The Kier molecular flexibility index (Phi) is 5.38. The summed E-state index contributed by atoms with van der Waals surface area (Å²) in [6.07, 6.45) is 0. The van der Waals surface area contributed by atoms with Crippen molar-refractivity contribution >= 4 is 50.5 Å². The van der Waals surface area contributed by atoms with E-state index in [-0.39, 0.29) is 11.0 Å². The molecule has 1 heterocycles. The highest BCUT2D eigenvalue weighted by Gasteiger charge is 2.11. The van der Waals surface area contributed by atoms with Gasteiger partial charge in [0, 0.05) is 16.5 Å². The molecule has 4 nitrogen and oxygen atoms in total. The minimum Gasteiger partial charge on any atom is -0.308 e. The summed E-state index contributed by atoms with van der Waals surface area (Å²) in [4.78, 5) is 17.0. The maximum absolute atomic E-state index is 12.4. The monoisotopic (exact) mass is 417 g/mol. The Labute approximate surface area is 178 Å². The van der Waals surface area contributed by atoms with Crippen LogP contribution in [0.15, 0.2) is 66.0 Å². The van der Waals surface area contributed by atoms with E-state index >= 15 is 0 Å². The van der Waals surface area contributed by atoms with Gasteiger partial charge in [-0.2, -0.15) is 0 Å². The first-order valence-electron chi connectivity index (χ1n) is 9.13. The number of aromatic nitrogens is 1. The largest absolute Gasteiger partial charge is 0.308 e. The lowest BCUT2D eigenvalue weighted by atomic mass is 10.1. The van der Waals surface area contributed by atoms with Crippen molar-refractivity contribution in [3.63, 3.8) is 0 Å². The van der Waals surface area contributed by atoms with E-state index in [1.165, 1.54) is 22.1 Å². The molecule has 0 bridgehead atoms. The third-order valence-corrected chi connectivity index (χ3v) is 5.44. The molecule has 0 radical (unpaired) electrons. The number of nitrogens with one attached hydrogen (secondary N) is 2. The van der Waals surface area contributed by atoms with Crippen LogP contribution in [0.25, 0.3) is 22.0 Å². The van der Waals surface area contributed by atoms with Crippen LogP contribution in [0, 0.1) is 13.8 Å². The Morgan fingerprint density at radius 1 is 0.966 bits per heavy atom. The Morgan fingerprint density at radius 2 is 1.69 bits per heavy atom. The Balaban J connectivity index is 1.45. The second-order valence-corrected chi connectivity index (χ2v) is 8.15. The second-order valence-electron chi connectivity index (χ2n) is 6.88. The van der Waals surface area contributed by atoms with Crippen molar-refractivity contribution in [3.8, 4) is 11.3 Å². The summed E-state index contributed by atoms with van der Waals surface area (Å²) in [5, 5.41) is 10.9. The van der Waals surface area contributed by atoms with Gasteiger partial charge in [-0.3, -0.25) is 10.1 Å². The molecular weight excluding hydrogens is 398 g/mol. The summed E-state index contributed by atoms with van der Waals surface area (Å²) < 4.78 is 0. The van der Waals surface area contributed by atoms with Gasteiger partial charge in [-0.05, 0) is 55.0 Å². The zero-order valence-electron chi connectivity index (χ0n) is 16.0. The summed E-state index contributed by atoms with van der Waals surface area (Å²) in [6.45, 7) is 3.93. The fourth-order valence-corrected chi connectivity index (χ4v) is 4.20. The molecule has 0 spiro atoms. The third kappa shape index (κ3) is 4.50. The summed E-state index contributed by atoms with van der Waals surface area (Å²) in [7, 11) is 0. The third-order valence-electron chi connectivity index (χ3n) is 4.48. The van der Waals surface area contributed by atoms with Crippen molar-refractivity contribution in [2.24, 2.45) is 0 Å². The van der Waals surface area contributed by atoms with Crippen LogP contribution in [0.4, 0.5) is 5.13 Å². The molecule has 6 heteroatoms. The number of anilines is 1. The summed E-state index contributed by atoms with van der Waals surface area (Å²) in [5.74, 6) is -0.236. The van der Waals surface area contributed by atoms with Crippen LogP contribution in [-0.4, -0.2) is 16.0 Å². The van der Waals surface area contributed by atoms with Crippen molar-refractivity contribution in [1.29, 1.82) is 0 Å². The van der Waals surface area contributed by atoms with E-state index in [0.29, 0.717) is 10.7 Å². The Bertz CT molecular complexity index is 1210. The number of nitrogens with zero attached hydrogens (tertiary/aromatic N) is 1. The molecule has 2 N–H and O–H groups in total. The van der Waals surface area contributed by atoms with Gasteiger partial charge < -0.3 is 5.32 Å². The highest BCUT2D eigenvalue weighted by molar-refractivity contribution is 7.80. The van der Waals surface area contributed by atoms with Crippen molar-refractivity contribution in [2.75, 3.05) is 5.32 Å². The molecule has 3 aromatic carbocycles. The normalized spacial score (nSPS) is 10.7. The lowest BCUT2D eigenvalue weighted by Crippen LogP contribution is -2.34. The van der Waals surface area contributed by atoms with Crippen LogP contribution < -0.4 is 10.6 Å². The summed E-state index contributed by atoms with van der Waals surface area (Å²) in [5.41, 5.74) is 4.57. The first-order valence-corrected chi connectivity index (χ1v) is 10.4. The van der Waals surface area contributed by atoms with Crippen LogP contribution >= 0.6 is 23.6 Å². The molecule has 0 unspecified atom stereocenters. The zero-order valence-corrected chi connectivity index (χ0v) is 17.7. The molecular formula is C23H19N3OS2. The molecule has 4 aromatic rings. The van der Waals surface area contributed by atoms with E-state index < -0.39 is 0 Å². The van der Waals surface area contributed by atoms with Gasteiger partial charge in [-0.25, -0.2) is 4.98 Å². The number of aryl methyl sites for hydroxylation is 2. The summed E-state index contributed by atoms with van der Waals surface area (Å²) >= 11 is 6.74. The molecule has 144 valence electrons. The molecule has 0 aliphatic heterocycles. The van der Waals surface area contributed by atoms with E-state index in [9.17, 15) is 4.79 Å². The zero-order chi connectivity index (χ0) is 20.4. The predicted molar refractivity (Wildman–Crippen MR) is 125 cm³/mol. The molecule has 0 saturated carbocycles. The van der Waals surface area contributed by atoms with E-state index in [1.807, 2.05) is 49.6 Å². The number of carbonyl (C=O) groups is 1. The smallest absolute Gasteiger partial charge is 0.257 e. The van der Waals surface area contributed by atoms with Crippen LogP contribution in [0.1, 0.15) is 21.5 Å². The van der Waals surface area contributed by atoms with Gasteiger partial charge in [0.05, 0.1) is 5.69 Å². The fraction of sp³-hybridized carbons (Fsp3) is 0.0870. The standard InChI is InChI=1S/C23H19N3OS2/c1-14-9-15(2)11-19(10-14)21(27)25-22(28)26-23-24-20(13-29-23)18-8-7-16-5-3-4-6-17(16)12-18/h3-13H,1-2H3,(H2,24,25,26,27,28). The molecule has 4 rings (SSSR count). The number of carbonyl (C=O) groups excluding carboxylic acids is 1. The Hall–Kier alpha value is -3.09. The van der Waals surface area contributed by atoms with Crippen LogP contribution in [0.3, 0.4) is 0 Å². The SMILES string of the molecule is Cc1cc(C)cc(C(=O)NC(=S)Nc2nc(-c3ccc4ccccc4c3)cs2)c1. The number of rotatable bonds is 3. The van der Waals surface area contributed by atoms with Gasteiger partial charge in [-0.15, -0.1) is 11.3 Å². The van der Waals surface area contributed by atoms with E-state index in [2.05, 4.69) is 45.9 Å². The number of benzene rings is 3. The first-order chi connectivity index (χ1) is 14.0. The molecule has 0 aliphatic carbocycles. The van der Waals surface area contributed by atoms with Gasteiger partial charge >= 0.3 is 0 Å². The van der Waals surface area contributed by atoms with Crippen molar-refractivity contribution in [1.82, 2.24) is 10.3 Å². The van der Waals surface area contributed by atoms with Crippen molar-refractivity contribution < 1.29 is 4.79 Å². The summed E-state index contributed by atoms with van der Waals surface area (Å²) in [6, 6.07) is 20.2.